The first-order valence-electron chi connectivity index (χ1n) is 9.86. The lowest BCUT2D eigenvalue weighted by Crippen LogP contribution is -2.58. The first-order valence-corrected chi connectivity index (χ1v) is 11.3. The molecule has 0 bridgehead atoms. The molecule has 4 amide bonds. The van der Waals surface area contributed by atoms with Gasteiger partial charge < -0.3 is 26.0 Å². The molecule has 1 fully saturated rings. The summed E-state index contributed by atoms with van der Waals surface area (Å²) in [7, 11) is 1.19. The number of rotatable bonds is 11. The molecule has 0 radical (unpaired) electrons. The van der Waals surface area contributed by atoms with Gasteiger partial charge in [0.2, 0.25) is 23.6 Å². The Morgan fingerprint density at radius 2 is 1.97 bits per heavy atom. The van der Waals surface area contributed by atoms with Crippen molar-refractivity contribution in [2.45, 2.75) is 31.0 Å². The second-order valence-electron chi connectivity index (χ2n) is 7.40. The molecule has 31 heavy (non-hydrogen) atoms. The van der Waals surface area contributed by atoms with Crippen LogP contribution in [0.2, 0.25) is 0 Å². The van der Waals surface area contributed by atoms with Crippen molar-refractivity contribution < 1.29 is 28.7 Å². The van der Waals surface area contributed by atoms with Crippen LogP contribution in [0.4, 0.5) is 0 Å². The number of carbonyl (C=O) groups is 5. The van der Waals surface area contributed by atoms with Gasteiger partial charge in [0, 0.05) is 12.5 Å². The number of ether oxygens (including phenoxy) is 1. The summed E-state index contributed by atoms with van der Waals surface area (Å²) in [5, 5.41) is 13.2. The van der Waals surface area contributed by atoms with Gasteiger partial charge in [0.05, 0.1) is 13.7 Å². The van der Waals surface area contributed by atoms with Gasteiger partial charge in [-0.2, -0.15) is 11.8 Å². The monoisotopic (exact) mass is 455 g/mol. The first kappa shape index (κ1) is 24.7. The van der Waals surface area contributed by atoms with E-state index in [1.54, 1.807) is 17.8 Å². The molecule has 1 aliphatic carbocycles. The highest BCUT2D eigenvalue weighted by atomic mass is 32.2. The average Bonchev–Trinajstić information content (AvgIpc) is 3.16. The van der Waals surface area contributed by atoms with Crippen molar-refractivity contribution in [3.05, 3.63) is 12.2 Å². The quantitative estimate of drug-likeness (QED) is 0.172. The smallest absolute Gasteiger partial charge is 0.325 e. The number of hydrogen-bond donors (Lipinski definition) is 5. The van der Waals surface area contributed by atoms with Gasteiger partial charge in [0.15, 0.2) is 0 Å². The van der Waals surface area contributed by atoms with Crippen LogP contribution in [0.15, 0.2) is 12.2 Å². The van der Waals surface area contributed by atoms with Crippen LogP contribution in [-0.4, -0.2) is 86.0 Å². The topological polar surface area (TPSA) is 155 Å². The molecule has 2 unspecified atom stereocenters. The second-order valence-corrected chi connectivity index (χ2v) is 8.31. The third-order valence-corrected chi connectivity index (χ3v) is 5.85. The van der Waals surface area contributed by atoms with Crippen LogP contribution < -0.4 is 26.6 Å². The van der Waals surface area contributed by atoms with Gasteiger partial charge in [0.25, 0.3) is 0 Å². The van der Waals surface area contributed by atoms with E-state index in [9.17, 15) is 24.0 Å². The van der Waals surface area contributed by atoms with E-state index in [2.05, 4.69) is 31.3 Å². The van der Waals surface area contributed by atoms with Crippen LogP contribution in [0.3, 0.4) is 0 Å². The molecule has 4 atom stereocenters. The number of thioether (sulfide) groups is 1. The van der Waals surface area contributed by atoms with Crippen LogP contribution in [0.1, 0.15) is 13.3 Å². The van der Waals surface area contributed by atoms with Gasteiger partial charge in [-0.05, 0) is 25.4 Å². The van der Waals surface area contributed by atoms with Crippen molar-refractivity contribution >= 4 is 41.4 Å². The van der Waals surface area contributed by atoms with E-state index in [-0.39, 0.29) is 24.9 Å². The zero-order valence-electron chi connectivity index (χ0n) is 17.8. The summed E-state index contributed by atoms with van der Waals surface area (Å²) in [5.41, 5.74) is -1.05. The first-order chi connectivity index (χ1) is 14.7. The molecule has 0 aromatic rings. The largest absolute Gasteiger partial charge is 0.468 e. The highest BCUT2D eigenvalue weighted by molar-refractivity contribution is 7.98. The summed E-state index contributed by atoms with van der Waals surface area (Å²) in [6.07, 6.45) is 6.00. The van der Waals surface area contributed by atoms with Gasteiger partial charge in [-0.3, -0.25) is 29.3 Å². The third kappa shape index (κ3) is 6.69. The Bertz CT molecular complexity index is 760. The minimum atomic E-state index is -1.05. The average molecular weight is 456 g/mol. The summed E-state index contributed by atoms with van der Waals surface area (Å²) < 4.78 is 4.40. The molecule has 0 spiro atoms. The van der Waals surface area contributed by atoms with Crippen molar-refractivity contribution in [2.24, 2.45) is 5.92 Å². The predicted molar refractivity (Wildman–Crippen MR) is 114 cm³/mol. The van der Waals surface area contributed by atoms with Crippen LogP contribution in [0.5, 0.6) is 0 Å². The highest BCUT2D eigenvalue weighted by Crippen LogP contribution is 2.45. The Labute approximate surface area is 184 Å². The Kier molecular flexibility index (Phi) is 8.87. The van der Waals surface area contributed by atoms with Crippen LogP contribution >= 0.6 is 11.8 Å². The lowest BCUT2D eigenvalue weighted by Gasteiger charge is -2.23. The van der Waals surface area contributed by atoms with E-state index in [4.69, 9.17) is 0 Å². The molecule has 5 N–H and O–H groups in total. The Morgan fingerprint density at radius 3 is 2.58 bits per heavy atom. The summed E-state index contributed by atoms with van der Waals surface area (Å²) in [4.78, 5) is 60.4. The van der Waals surface area contributed by atoms with E-state index in [1.165, 1.54) is 14.0 Å². The van der Waals surface area contributed by atoms with Gasteiger partial charge >= 0.3 is 5.97 Å². The standard InChI is InChI=1S/C19H29N5O6S/c1-11(16(27)22-8-14(25)21-9-15(26)30-2)23-18(29)19(7-12(19)10-31-3)24-17(28)13-5-4-6-20-13/h4-5,11-13,20H,6-10H2,1-3H3,(H,21,25)(H,22,27)(H,23,29)(H,24,28)/t11-,12?,13-,19?/m0/s1. The SMILES string of the molecule is COC(=O)CNC(=O)CNC(=O)[C@H](C)NC(=O)C1(NC(=O)[C@@H]2C=CCN2)CC1CSC. The Morgan fingerprint density at radius 1 is 1.23 bits per heavy atom. The predicted octanol–water partition coefficient (Wildman–Crippen LogP) is -2.34. The second kappa shape index (κ2) is 11.1. The molecule has 1 aliphatic heterocycles. The van der Waals surface area contributed by atoms with Crippen molar-refractivity contribution in [3.8, 4) is 0 Å². The Hall–Kier alpha value is -2.60. The van der Waals surface area contributed by atoms with E-state index in [1.807, 2.05) is 12.3 Å². The van der Waals surface area contributed by atoms with Gasteiger partial charge in [0.1, 0.15) is 24.2 Å². The number of esters is 1. The summed E-state index contributed by atoms with van der Waals surface area (Å²) in [5.74, 6) is -1.79. The summed E-state index contributed by atoms with van der Waals surface area (Å²) in [6, 6.07) is -1.40. The fourth-order valence-corrected chi connectivity index (χ4v) is 3.99. The summed E-state index contributed by atoms with van der Waals surface area (Å²) in [6.45, 7) is 1.42. The molecular weight excluding hydrogens is 426 g/mol. The number of carbonyl (C=O) groups excluding carboxylic acids is 5. The van der Waals surface area contributed by atoms with Gasteiger partial charge in [-0.25, -0.2) is 0 Å². The van der Waals surface area contributed by atoms with E-state index in [0.717, 1.165) is 0 Å². The van der Waals surface area contributed by atoms with Gasteiger partial charge in [-0.15, -0.1) is 0 Å². The maximum atomic E-state index is 12.9. The zero-order valence-corrected chi connectivity index (χ0v) is 18.6. The normalized spacial score (nSPS) is 24.6. The molecule has 12 heteroatoms. The molecule has 0 aromatic heterocycles. The number of methoxy groups -OCH3 is 1. The molecular formula is C19H29N5O6S. The van der Waals surface area contributed by atoms with E-state index in [0.29, 0.717) is 18.7 Å². The third-order valence-electron chi connectivity index (χ3n) is 5.11. The molecule has 0 saturated heterocycles. The minimum Gasteiger partial charge on any atom is -0.468 e. The Balaban J connectivity index is 1.87. The lowest BCUT2D eigenvalue weighted by atomic mass is 10.1. The fraction of sp³-hybridized carbons (Fsp3) is 0.632. The number of amides is 4. The summed E-state index contributed by atoms with van der Waals surface area (Å²) >= 11 is 1.58. The lowest BCUT2D eigenvalue weighted by molar-refractivity contribution is -0.141. The molecule has 2 rings (SSSR count). The minimum absolute atomic E-state index is 0.0313. The van der Waals surface area contributed by atoms with Crippen molar-refractivity contribution in [1.82, 2.24) is 26.6 Å². The molecule has 172 valence electrons. The highest BCUT2D eigenvalue weighted by Gasteiger charge is 2.61. The maximum Gasteiger partial charge on any atom is 0.325 e. The van der Waals surface area contributed by atoms with Crippen LogP contribution in [0.25, 0.3) is 0 Å². The van der Waals surface area contributed by atoms with Gasteiger partial charge in [-0.1, -0.05) is 12.2 Å². The van der Waals surface area contributed by atoms with E-state index < -0.39 is 41.3 Å². The molecule has 11 nitrogen and oxygen atoms in total. The molecule has 2 aliphatic rings. The maximum absolute atomic E-state index is 12.9. The number of nitrogens with one attached hydrogen (secondary N) is 5. The van der Waals surface area contributed by atoms with Crippen molar-refractivity contribution in [3.63, 3.8) is 0 Å². The molecule has 0 aromatic carbocycles. The fourth-order valence-electron chi connectivity index (χ4n) is 3.18. The molecule has 1 saturated carbocycles. The van der Waals surface area contributed by atoms with Crippen LogP contribution in [0, 0.1) is 5.92 Å². The zero-order chi connectivity index (χ0) is 23.0. The number of hydrogen-bond acceptors (Lipinski definition) is 8. The van der Waals surface area contributed by atoms with Crippen molar-refractivity contribution in [2.75, 3.05) is 38.8 Å². The van der Waals surface area contributed by atoms with E-state index >= 15 is 0 Å². The molecule has 1 heterocycles. The van der Waals surface area contributed by atoms with Crippen molar-refractivity contribution in [1.29, 1.82) is 0 Å². The van der Waals surface area contributed by atoms with Crippen LogP contribution in [-0.2, 0) is 28.7 Å².